The summed E-state index contributed by atoms with van der Waals surface area (Å²) < 4.78 is 35.9. The molecule has 1 atom stereocenters. The summed E-state index contributed by atoms with van der Waals surface area (Å²) in [5, 5.41) is 0. The summed E-state index contributed by atoms with van der Waals surface area (Å²) in [5.74, 6) is -0.00229. The van der Waals surface area contributed by atoms with Gasteiger partial charge in [-0.05, 0) is 24.6 Å². The van der Waals surface area contributed by atoms with Gasteiger partial charge in [0.15, 0.2) is 9.84 Å². The topological polar surface area (TPSA) is 63.4 Å². The van der Waals surface area contributed by atoms with Gasteiger partial charge in [-0.15, -0.1) is 0 Å². The van der Waals surface area contributed by atoms with Crippen molar-refractivity contribution in [2.75, 3.05) is 23.8 Å². The maximum atomic E-state index is 12.9. The molecule has 1 unspecified atom stereocenters. The van der Waals surface area contributed by atoms with Gasteiger partial charge in [0.1, 0.15) is 5.82 Å². The van der Waals surface area contributed by atoms with E-state index in [0.29, 0.717) is 18.8 Å². The van der Waals surface area contributed by atoms with Crippen LogP contribution in [0, 0.1) is 5.82 Å². The molecule has 18 heavy (non-hydrogen) atoms. The number of anilines is 1. The Morgan fingerprint density at radius 3 is 2.83 bits per heavy atom. The lowest BCUT2D eigenvalue weighted by atomic mass is 10.1. The third kappa shape index (κ3) is 3.00. The minimum absolute atomic E-state index is 0.0341. The number of halogens is 1. The van der Waals surface area contributed by atoms with E-state index < -0.39 is 9.84 Å². The molecule has 0 radical (unpaired) electrons. The summed E-state index contributed by atoms with van der Waals surface area (Å²) >= 11 is 0. The largest absolute Gasteiger partial charge is 0.398 e. The normalized spacial score (nSPS) is 24.0. The SMILES string of the molecule is CC1CS(=O)(=O)CCN1Cc1ccc(F)cc1N. The summed E-state index contributed by atoms with van der Waals surface area (Å²) in [7, 11) is -2.91. The van der Waals surface area contributed by atoms with Crippen LogP contribution in [0.2, 0.25) is 0 Å². The standard InChI is InChI=1S/C12H17FN2O2S/c1-9-8-18(16,17)5-4-15(9)7-10-2-3-11(13)6-12(10)14/h2-3,6,9H,4-5,7-8,14H2,1H3. The predicted molar refractivity (Wildman–Crippen MR) is 69.3 cm³/mol. The van der Waals surface area contributed by atoms with Gasteiger partial charge in [0.2, 0.25) is 0 Å². The number of nitrogen functional groups attached to an aromatic ring is 1. The molecule has 1 saturated heterocycles. The van der Waals surface area contributed by atoms with Crippen molar-refractivity contribution >= 4 is 15.5 Å². The molecule has 4 nitrogen and oxygen atoms in total. The lowest BCUT2D eigenvalue weighted by Crippen LogP contribution is -2.46. The molecule has 0 spiro atoms. The molecule has 0 saturated carbocycles. The van der Waals surface area contributed by atoms with E-state index in [9.17, 15) is 12.8 Å². The van der Waals surface area contributed by atoms with Gasteiger partial charge in [0, 0.05) is 24.8 Å². The van der Waals surface area contributed by atoms with Crippen LogP contribution < -0.4 is 5.73 Å². The summed E-state index contributed by atoms with van der Waals surface area (Å²) in [4.78, 5) is 2.06. The first-order chi connectivity index (χ1) is 8.37. The Labute approximate surface area is 107 Å². The van der Waals surface area contributed by atoms with Crippen molar-refractivity contribution in [3.63, 3.8) is 0 Å². The van der Waals surface area contributed by atoms with E-state index >= 15 is 0 Å². The Bertz CT molecular complexity index is 545. The lowest BCUT2D eigenvalue weighted by molar-refractivity contribution is 0.218. The molecule has 100 valence electrons. The molecular weight excluding hydrogens is 255 g/mol. The average Bonchev–Trinajstić information content (AvgIpc) is 2.24. The zero-order valence-corrected chi connectivity index (χ0v) is 11.1. The summed E-state index contributed by atoms with van der Waals surface area (Å²) in [6.07, 6.45) is 0. The Balaban J connectivity index is 2.10. The van der Waals surface area contributed by atoms with Crippen molar-refractivity contribution in [1.82, 2.24) is 4.90 Å². The van der Waals surface area contributed by atoms with E-state index in [-0.39, 0.29) is 23.4 Å². The zero-order chi connectivity index (χ0) is 13.3. The maximum absolute atomic E-state index is 12.9. The zero-order valence-electron chi connectivity index (χ0n) is 10.3. The van der Waals surface area contributed by atoms with Crippen LogP contribution in [0.5, 0.6) is 0 Å². The highest BCUT2D eigenvalue weighted by Gasteiger charge is 2.28. The van der Waals surface area contributed by atoms with Crippen molar-refractivity contribution in [2.24, 2.45) is 0 Å². The summed E-state index contributed by atoms with van der Waals surface area (Å²) in [6, 6.07) is 4.28. The first kappa shape index (κ1) is 13.3. The second-order valence-electron chi connectivity index (χ2n) is 4.78. The Morgan fingerprint density at radius 1 is 1.50 bits per heavy atom. The minimum Gasteiger partial charge on any atom is -0.398 e. The molecule has 2 N–H and O–H groups in total. The Morgan fingerprint density at radius 2 is 2.22 bits per heavy atom. The van der Waals surface area contributed by atoms with Gasteiger partial charge in [-0.1, -0.05) is 6.07 Å². The van der Waals surface area contributed by atoms with Gasteiger partial charge in [-0.25, -0.2) is 12.8 Å². The third-order valence-electron chi connectivity index (χ3n) is 3.29. The molecule has 1 aliphatic heterocycles. The van der Waals surface area contributed by atoms with Gasteiger partial charge in [0.05, 0.1) is 11.5 Å². The monoisotopic (exact) mass is 272 g/mol. The molecule has 1 aliphatic rings. The minimum atomic E-state index is -2.91. The van der Waals surface area contributed by atoms with Gasteiger partial charge in [-0.3, -0.25) is 4.90 Å². The molecular formula is C12H17FN2O2S. The van der Waals surface area contributed by atoms with Gasteiger partial charge in [0.25, 0.3) is 0 Å². The van der Waals surface area contributed by atoms with Crippen molar-refractivity contribution in [1.29, 1.82) is 0 Å². The highest BCUT2D eigenvalue weighted by molar-refractivity contribution is 7.91. The number of rotatable bonds is 2. The molecule has 0 aliphatic carbocycles. The molecule has 0 bridgehead atoms. The van der Waals surface area contributed by atoms with Crippen molar-refractivity contribution in [3.05, 3.63) is 29.6 Å². The number of nitrogens with two attached hydrogens (primary N) is 1. The Kier molecular flexibility index (Phi) is 3.59. The summed E-state index contributed by atoms with van der Waals surface area (Å²) in [6.45, 7) is 2.94. The molecule has 1 fully saturated rings. The molecule has 1 aromatic carbocycles. The Hall–Kier alpha value is -1.14. The van der Waals surface area contributed by atoms with Crippen molar-refractivity contribution in [3.8, 4) is 0 Å². The van der Waals surface area contributed by atoms with E-state index in [1.54, 1.807) is 6.07 Å². The van der Waals surface area contributed by atoms with E-state index in [4.69, 9.17) is 5.73 Å². The van der Waals surface area contributed by atoms with Crippen LogP contribution in [0.1, 0.15) is 12.5 Å². The first-order valence-electron chi connectivity index (χ1n) is 5.86. The van der Waals surface area contributed by atoms with Crippen LogP contribution in [0.25, 0.3) is 0 Å². The molecule has 2 rings (SSSR count). The van der Waals surface area contributed by atoms with Crippen LogP contribution in [-0.4, -0.2) is 37.4 Å². The second kappa shape index (κ2) is 4.85. The van der Waals surface area contributed by atoms with Crippen LogP contribution in [0.15, 0.2) is 18.2 Å². The quantitative estimate of drug-likeness (QED) is 0.817. The van der Waals surface area contributed by atoms with E-state index in [1.165, 1.54) is 12.1 Å². The van der Waals surface area contributed by atoms with E-state index in [0.717, 1.165) is 5.56 Å². The van der Waals surface area contributed by atoms with Crippen LogP contribution in [-0.2, 0) is 16.4 Å². The van der Waals surface area contributed by atoms with E-state index in [1.807, 2.05) is 6.92 Å². The van der Waals surface area contributed by atoms with E-state index in [2.05, 4.69) is 4.90 Å². The lowest BCUT2D eigenvalue weighted by Gasteiger charge is -2.33. The van der Waals surface area contributed by atoms with Crippen molar-refractivity contribution < 1.29 is 12.8 Å². The average molecular weight is 272 g/mol. The molecule has 6 heteroatoms. The number of benzene rings is 1. The highest BCUT2D eigenvalue weighted by Crippen LogP contribution is 2.19. The first-order valence-corrected chi connectivity index (χ1v) is 7.68. The van der Waals surface area contributed by atoms with Gasteiger partial charge >= 0.3 is 0 Å². The molecule has 1 aromatic rings. The fourth-order valence-corrected chi connectivity index (χ4v) is 3.82. The number of hydrogen-bond acceptors (Lipinski definition) is 4. The van der Waals surface area contributed by atoms with Crippen LogP contribution in [0.3, 0.4) is 0 Å². The number of sulfone groups is 1. The smallest absolute Gasteiger partial charge is 0.153 e. The highest BCUT2D eigenvalue weighted by atomic mass is 32.2. The number of hydrogen-bond donors (Lipinski definition) is 1. The van der Waals surface area contributed by atoms with Crippen LogP contribution in [0.4, 0.5) is 10.1 Å². The molecule has 1 heterocycles. The molecule has 0 aromatic heterocycles. The van der Waals surface area contributed by atoms with Gasteiger partial charge in [-0.2, -0.15) is 0 Å². The third-order valence-corrected chi connectivity index (χ3v) is 5.08. The predicted octanol–water partition coefficient (Wildman–Crippen LogP) is 1.03. The number of nitrogens with zero attached hydrogens (tertiary/aromatic N) is 1. The molecule has 0 amide bonds. The van der Waals surface area contributed by atoms with Crippen LogP contribution >= 0.6 is 0 Å². The van der Waals surface area contributed by atoms with Gasteiger partial charge < -0.3 is 5.73 Å². The maximum Gasteiger partial charge on any atom is 0.153 e. The fourth-order valence-electron chi connectivity index (χ4n) is 2.20. The van der Waals surface area contributed by atoms with Crippen molar-refractivity contribution in [2.45, 2.75) is 19.5 Å². The summed E-state index contributed by atoms with van der Waals surface area (Å²) in [5.41, 5.74) is 7.00. The fraction of sp³-hybridized carbons (Fsp3) is 0.500. The second-order valence-corrected chi connectivity index (χ2v) is 7.01.